The van der Waals surface area contributed by atoms with E-state index in [0.29, 0.717) is 11.5 Å². The minimum Gasteiger partial charge on any atom is -0.341 e. The topological polar surface area (TPSA) is 58.1 Å². The minimum atomic E-state index is -0.192. The first kappa shape index (κ1) is 16.9. The summed E-state index contributed by atoms with van der Waals surface area (Å²) in [4.78, 5) is 23.4. The molecule has 2 heterocycles. The third-order valence-electron chi connectivity index (χ3n) is 4.23. The zero-order valence-corrected chi connectivity index (χ0v) is 15.3. The van der Waals surface area contributed by atoms with Gasteiger partial charge in [0.1, 0.15) is 0 Å². The number of aromatic nitrogens is 2. The largest absolute Gasteiger partial charge is 0.341 e. The van der Waals surface area contributed by atoms with Crippen LogP contribution >= 0.6 is 15.9 Å². The van der Waals surface area contributed by atoms with Gasteiger partial charge >= 0.3 is 0 Å². The van der Waals surface area contributed by atoms with Gasteiger partial charge in [-0.3, -0.25) is 4.79 Å². The van der Waals surface area contributed by atoms with Gasteiger partial charge in [-0.05, 0) is 43.5 Å². The molecular formula is C18H21BrN4O. The molecule has 0 bridgehead atoms. The van der Waals surface area contributed by atoms with Gasteiger partial charge in [-0.2, -0.15) is 0 Å². The summed E-state index contributed by atoms with van der Waals surface area (Å²) in [5.41, 5.74) is 2.26. The first-order valence-corrected chi connectivity index (χ1v) is 9.07. The maximum Gasteiger partial charge on any atom is 0.258 e. The molecule has 1 fully saturated rings. The quantitative estimate of drug-likeness (QED) is 0.856. The number of nitrogens with one attached hydrogen (secondary N) is 1. The Balaban J connectivity index is 1.69. The second kappa shape index (κ2) is 7.75. The van der Waals surface area contributed by atoms with Gasteiger partial charge in [0.15, 0.2) is 0 Å². The summed E-state index contributed by atoms with van der Waals surface area (Å²) in [7, 11) is 0. The number of anilines is 2. The molecule has 0 spiro atoms. The van der Waals surface area contributed by atoms with E-state index in [1.54, 1.807) is 12.4 Å². The second-order valence-electron chi connectivity index (χ2n) is 6.09. The summed E-state index contributed by atoms with van der Waals surface area (Å²) in [6.45, 7) is 3.94. The molecule has 5 nitrogen and oxygen atoms in total. The van der Waals surface area contributed by atoms with Crippen LogP contribution in [0.1, 0.15) is 41.6 Å². The Bertz CT molecular complexity index is 709. The Kier molecular flexibility index (Phi) is 5.45. The molecular weight excluding hydrogens is 368 g/mol. The monoisotopic (exact) mass is 388 g/mol. The fraction of sp³-hybridized carbons (Fsp3) is 0.389. The van der Waals surface area contributed by atoms with Crippen molar-refractivity contribution in [2.45, 2.75) is 32.6 Å². The van der Waals surface area contributed by atoms with Crippen LogP contribution in [0.3, 0.4) is 0 Å². The van der Waals surface area contributed by atoms with Crippen LogP contribution in [0.15, 0.2) is 35.1 Å². The fourth-order valence-corrected chi connectivity index (χ4v) is 3.31. The molecule has 1 aliphatic heterocycles. The van der Waals surface area contributed by atoms with E-state index < -0.39 is 0 Å². The van der Waals surface area contributed by atoms with Crippen LogP contribution in [0.2, 0.25) is 0 Å². The smallest absolute Gasteiger partial charge is 0.258 e. The van der Waals surface area contributed by atoms with Crippen LogP contribution in [-0.4, -0.2) is 29.0 Å². The van der Waals surface area contributed by atoms with Crippen molar-refractivity contribution in [1.82, 2.24) is 9.97 Å². The SMILES string of the molecule is Cc1cc(Br)ccc1NC(=O)c1cnc(N2CCCCCC2)nc1. The molecule has 1 saturated heterocycles. The van der Waals surface area contributed by atoms with Gasteiger partial charge in [0, 0.05) is 35.6 Å². The van der Waals surface area contributed by atoms with E-state index >= 15 is 0 Å². The highest BCUT2D eigenvalue weighted by molar-refractivity contribution is 9.10. The summed E-state index contributed by atoms with van der Waals surface area (Å²) in [6.07, 6.45) is 8.10. The lowest BCUT2D eigenvalue weighted by atomic mass is 10.2. The van der Waals surface area contributed by atoms with Gasteiger partial charge in [-0.1, -0.05) is 28.8 Å². The highest BCUT2D eigenvalue weighted by atomic mass is 79.9. The first-order valence-electron chi connectivity index (χ1n) is 8.28. The average molecular weight is 389 g/mol. The number of halogens is 1. The molecule has 2 aromatic rings. The van der Waals surface area contributed by atoms with E-state index in [1.807, 2.05) is 25.1 Å². The molecule has 1 amide bonds. The normalized spacial score (nSPS) is 15.0. The number of nitrogens with zero attached hydrogens (tertiary/aromatic N) is 3. The molecule has 126 valence electrons. The zero-order valence-electron chi connectivity index (χ0n) is 13.8. The summed E-state index contributed by atoms with van der Waals surface area (Å²) in [6, 6.07) is 5.75. The van der Waals surface area contributed by atoms with Crippen LogP contribution in [0.25, 0.3) is 0 Å². The lowest BCUT2D eigenvalue weighted by Crippen LogP contribution is -2.26. The van der Waals surface area contributed by atoms with Crippen molar-refractivity contribution in [1.29, 1.82) is 0 Å². The Morgan fingerprint density at radius 2 is 1.79 bits per heavy atom. The molecule has 24 heavy (non-hydrogen) atoms. The number of benzene rings is 1. The van der Waals surface area contributed by atoms with Crippen LogP contribution in [0.4, 0.5) is 11.6 Å². The third kappa shape index (κ3) is 4.12. The van der Waals surface area contributed by atoms with E-state index in [-0.39, 0.29) is 5.91 Å². The van der Waals surface area contributed by atoms with Crippen LogP contribution < -0.4 is 10.2 Å². The van der Waals surface area contributed by atoms with Crippen LogP contribution in [0.5, 0.6) is 0 Å². The minimum absolute atomic E-state index is 0.192. The standard InChI is InChI=1S/C18H21BrN4O/c1-13-10-15(19)6-7-16(13)22-17(24)14-11-20-18(21-12-14)23-8-4-2-3-5-9-23/h6-7,10-12H,2-5,8-9H2,1H3,(H,22,24). The number of carbonyl (C=O) groups is 1. The number of carbonyl (C=O) groups excluding carboxylic acids is 1. The van der Waals surface area contributed by atoms with E-state index in [4.69, 9.17) is 0 Å². The summed E-state index contributed by atoms with van der Waals surface area (Å²) < 4.78 is 0.989. The van der Waals surface area contributed by atoms with Gasteiger partial charge in [0.05, 0.1) is 5.56 Å². The van der Waals surface area contributed by atoms with Crippen molar-refractivity contribution < 1.29 is 4.79 Å². The van der Waals surface area contributed by atoms with Gasteiger partial charge in [0.25, 0.3) is 5.91 Å². The Labute approximate surface area is 150 Å². The maximum atomic E-state index is 12.4. The number of hydrogen-bond acceptors (Lipinski definition) is 4. The van der Waals surface area contributed by atoms with Gasteiger partial charge in [-0.25, -0.2) is 9.97 Å². The van der Waals surface area contributed by atoms with Crippen LogP contribution in [0, 0.1) is 6.92 Å². The molecule has 1 aliphatic rings. The summed E-state index contributed by atoms with van der Waals surface area (Å²) in [5.74, 6) is 0.524. The highest BCUT2D eigenvalue weighted by Gasteiger charge is 2.14. The van der Waals surface area contributed by atoms with Crippen molar-refractivity contribution in [3.63, 3.8) is 0 Å². The number of aryl methyl sites for hydroxylation is 1. The molecule has 0 saturated carbocycles. The summed E-state index contributed by atoms with van der Waals surface area (Å²) >= 11 is 3.42. The first-order chi connectivity index (χ1) is 11.6. The number of hydrogen-bond donors (Lipinski definition) is 1. The molecule has 0 radical (unpaired) electrons. The van der Waals surface area contributed by atoms with Crippen LogP contribution in [-0.2, 0) is 0 Å². The Morgan fingerprint density at radius 3 is 2.42 bits per heavy atom. The Morgan fingerprint density at radius 1 is 1.12 bits per heavy atom. The van der Waals surface area contributed by atoms with E-state index in [2.05, 4.69) is 36.1 Å². The highest BCUT2D eigenvalue weighted by Crippen LogP contribution is 2.21. The van der Waals surface area contributed by atoms with Crippen molar-refractivity contribution >= 4 is 33.5 Å². The van der Waals surface area contributed by atoms with E-state index in [1.165, 1.54) is 25.7 Å². The predicted octanol–water partition coefficient (Wildman–Crippen LogP) is 4.18. The van der Waals surface area contributed by atoms with E-state index in [9.17, 15) is 4.79 Å². The second-order valence-corrected chi connectivity index (χ2v) is 7.00. The van der Waals surface area contributed by atoms with Crippen molar-refractivity contribution in [3.05, 3.63) is 46.2 Å². The zero-order chi connectivity index (χ0) is 16.9. The number of rotatable bonds is 3. The maximum absolute atomic E-state index is 12.4. The van der Waals surface area contributed by atoms with E-state index in [0.717, 1.165) is 28.8 Å². The molecule has 0 unspecified atom stereocenters. The van der Waals surface area contributed by atoms with Gasteiger partial charge in [-0.15, -0.1) is 0 Å². The molecule has 0 aliphatic carbocycles. The molecule has 3 rings (SSSR count). The number of amides is 1. The molecule has 1 aromatic heterocycles. The van der Waals surface area contributed by atoms with Crippen molar-refractivity contribution in [2.24, 2.45) is 0 Å². The Hall–Kier alpha value is -1.95. The third-order valence-corrected chi connectivity index (χ3v) is 4.72. The van der Waals surface area contributed by atoms with Crippen molar-refractivity contribution in [3.8, 4) is 0 Å². The molecule has 1 aromatic carbocycles. The molecule has 1 N–H and O–H groups in total. The van der Waals surface area contributed by atoms with Gasteiger partial charge in [0.2, 0.25) is 5.95 Å². The summed E-state index contributed by atoms with van der Waals surface area (Å²) in [5, 5.41) is 2.91. The lowest BCUT2D eigenvalue weighted by molar-refractivity contribution is 0.102. The predicted molar refractivity (Wildman–Crippen MR) is 99.5 cm³/mol. The molecule has 0 atom stereocenters. The van der Waals surface area contributed by atoms with Crippen molar-refractivity contribution in [2.75, 3.05) is 23.3 Å². The van der Waals surface area contributed by atoms with Gasteiger partial charge < -0.3 is 10.2 Å². The average Bonchev–Trinajstić information content (AvgIpc) is 2.87. The molecule has 6 heteroatoms. The lowest BCUT2D eigenvalue weighted by Gasteiger charge is -2.19. The fourth-order valence-electron chi connectivity index (χ4n) is 2.83.